The summed E-state index contributed by atoms with van der Waals surface area (Å²) in [4.78, 5) is 7.85. The van der Waals surface area contributed by atoms with Crippen LogP contribution in [0.25, 0.3) is 0 Å². The minimum absolute atomic E-state index is 0.221. The minimum atomic E-state index is 0.221. The Labute approximate surface area is 111 Å². The summed E-state index contributed by atoms with van der Waals surface area (Å²) in [5.74, 6) is 1.91. The fourth-order valence-corrected chi connectivity index (χ4v) is 1.60. The number of anilines is 1. The number of nitrogen functional groups attached to an aromatic ring is 1. The minimum Gasteiger partial charge on any atom is -0.493 e. The fraction of sp³-hybridized carbons (Fsp3) is 0.231. The third kappa shape index (κ3) is 2.67. The van der Waals surface area contributed by atoms with Crippen molar-refractivity contribution in [3.8, 4) is 23.1 Å². The number of rotatable bonds is 4. The van der Waals surface area contributed by atoms with Gasteiger partial charge in [0.1, 0.15) is 6.33 Å². The maximum absolute atomic E-state index is 5.69. The lowest BCUT2D eigenvalue weighted by molar-refractivity contribution is 0.348. The molecule has 0 saturated carbocycles. The molecule has 6 nitrogen and oxygen atoms in total. The molecule has 0 aliphatic heterocycles. The van der Waals surface area contributed by atoms with E-state index in [0.717, 1.165) is 5.56 Å². The van der Waals surface area contributed by atoms with Crippen LogP contribution < -0.4 is 19.9 Å². The van der Waals surface area contributed by atoms with Gasteiger partial charge in [-0.1, -0.05) is 6.07 Å². The van der Waals surface area contributed by atoms with Gasteiger partial charge in [0.25, 0.3) is 5.88 Å². The highest BCUT2D eigenvalue weighted by molar-refractivity contribution is 5.54. The third-order valence-corrected chi connectivity index (χ3v) is 2.53. The molecule has 0 bridgehead atoms. The van der Waals surface area contributed by atoms with Gasteiger partial charge in [0.2, 0.25) is 5.75 Å². The molecule has 2 aromatic rings. The van der Waals surface area contributed by atoms with Crippen LogP contribution in [0.15, 0.2) is 24.5 Å². The molecule has 0 spiro atoms. The molecule has 0 aliphatic carbocycles. The average molecular weight is 261 g/mol. The van der Waals surface area contributed by atoms with Crippen molar-refractivity contribution in [3.63, 3.8) is 0 Å². The number of hydrogen-bond acceptors (Lipinski definition) is 6. The lowest BCUT2D eigenvalue weighted by Crippen LogP contribution is -2.01. The Balaban J connectivity index is 2.39. The second-order valence-corrected chi connectivity index (χ2v) is 3.85. The molecule has 2 N–H and O–H groups in total. The van der Waals surface area contributed by atoms with Crippen LogP contribution in [0.1, 0.15) is 5.56 Å². The van der Waals surface area contributed by atoms with Crippen LogP contribution in [0.4, 0.5) is 5.82 Å². The standard InChI is InChI=1S/C13H15N3O3/c1-8-4-5-9(10(6-8)17-2)19-13-11(18-3)12(14)15-7-16-13/h4-7H,1-3H3,(H2,14,15,16). The van der Waals surface area contributed by atoms with E-state index < -0.39 is 0 Å². The number of ether oxygens (including phenoxy) is 3. The van der Waals surface area contributed by atoms with E-state index in [9.17, 15) is 0 Å². The molecule has 6 heteroatoms. The molecular weight excluding hydrogens is 246 g/mol. The highest BCUT2D eigenvalue weighted by Crippen LogP contribution is 2.36. The monoisotopic (exact) mass is 261 g/mol. The number of nitrogens with two attached hydrogens (primary N) is 1. The van der Waals surface area contributed by atoms with Crippen molar-refractivity contribution in [1.29, 1.82) is 0 Å². The van der Waals surface area contributed by atoms with Gasteiger partial charge in [0.15, 0.2) is 17.3 Å². The van der Waals surface area contributed by atoms with Gasteiger partial charge < -0.3 is 19.9 Å². The summed E-state index contributed by atoms with van der Waals surface area (Å²) < 4.78 is 16.1. The maximum atomic E-state index is 5.69. The van der Waals surface area contributed by atoms with Crippen molar-refractivity contribution in [1.82, 2.24) is 9.97 Å². The number of aromatic nitrogens is 2. The topological polar surface area (TPSA) is 79.5 Å². The van der Waals surface area contributed by atoms with Gasteiger partial charge in [0.05, 0.1) is 14.2 Å². The summed E-state index contributed by atoms with van der Waals surface area (Å²) in [5, 5.41) is 0. The maximum Gasteiger partial charge on any atom is 0.268 e. The average Bonchev–Trinajstić information content (AvgIpc) is 2.41. The van der Waals surface area contributed by atoms with Gasteiger partial charge in [-0.3, -0.25) is 0 Å². The van der Waals surface area contributed by atoms with Crippen LogP contribution in [0.5, 0.6) is 23.1 Å². The number of aryl methyl sites for hydroxylation is 1. The Hall–Kier alpha value is -2.50. The second kappa shape index (κ2) is 5.43. The van der Waals surface area contributed by atoms with E-state index in [4.69, 9.17) is 19.9 Å². The summed E-state index contributed by atoms with van der Waals surface area (Å²) in [6.45, 7) is 1.97. The summed E-state index contributed by atoms with van der Waals surface area (Å²) in [6.07, 6.45) is 1.31. The van der Waals surface area contributed by atoms with Crippen LogP contribution in [0, 0.1) is 6.92 Å². The normalized spacial score (nSPS) is 10.1. The molecule has 19 heavy (non-hydrogen) atoms. The highest BCUT2D eigenvalue weighted by Gasteiger charge is 2.14. The lowest BCUT2D eigenvalue weighted by atomic mass is 10.2. The van der Waals surface area contributed by atoms with E-state index in [0.29, 0.717) is 17.2 Å². The molecule has 0 saturated heterocycles. The molecule has 0 fully saturated rings. The Morgan fingerprint density at radius 3 is 2.53 bits per heavy atom. The van der Waals surface area contributed by atoms with E-state index in [2.05, 4.69) is 9.97 Å². The van der Waals surface area contributed by atoms with Crippen LogP contribution in [-0.2, 0) is 0 Å². The van der Waals surface area contributed by atoms with Gasteiger partial charge in [-0.15, -0.1) is 0 Å². The SMILES string of the molecule is COc1cc(C)ccc1Oc1ncnc(N)c1OC. The molecule has 0 radical (unpaired) electrons. The summed E-state index contributed by atoms with van der Waals surface area (Å²) >= 11 is 0. The van der Waals surface area contributed by atoms with E-state index >= 15 is 0 Å². The molecule has 100 valence electrons. The lowest BCUT2D eigenvalue weighted by Gasteiger charge is -2.12. The molecular formula is C13H15N3O3. The van der Waals surface area contributed by atoms with Gasteiger partial charge in [-0.2, -0.15) is 4.98 Å². The Morgan fingerprint density at radius 2 is 1.84 bits per heavy atom. The summed E-state index contributed by atoms with van der Waals surface area (Å²) in [6, 6.07) is 5.58. The quantitative estimate of drug-likeness (QED) is 0.908. The first kappa shape index (κ1) is 12.9. The molecule has 0 amide bonds. The van der Waals surface area contributed by atoms with Crippen molar-refractivity contribution >= 4 is 5.82 Å². The predicted molar refractivity (Wildman–Crippen MR) is 70.8 cm³/mol. The number of hydrogen-bond donors (Lipinski definition) is 1. The Kier molecular flexibility index (Phi) is 3.70. The van der Waals surface area contributed by atoms with Gasteiger partial charge in [-0.05, 0) is 24.6 Å². The molecule has 2 rings (SSSR count). The van der Waals surface area contributed by atoms with Crippen LogP contribution >= 0.6 is 0 Å². The predicted octanol–water partition coefficient (Wildman–Crippen LogP) is 2.18. The number of benzene rings is 1. The molecule has 0 aliphatic rings. The molecule has 0 unspecified atom stereocenters. The van der Waals surface area contributed by atoms with Gasteiger partial charge in [-0.25, -0.2) is 4.98 Å². The summed E-state index contributed by atoms with van der Waals surface area (Å²) in [7, 11) is 3.06. The van der Waals surface area contributed by atoms with Crippen molar-refractivity contribution in [2.75, 3.05) is 20.0 Å². The van der Waals surface area contributed by atoms with Crippen LogP contribution in [0.3, 0.4) is 0 Å². The first-order valence-electron chi connectivity index (χ1n) is 5.62. The Morgan fingerprint density at radius 1 is 1.05 bits per heavy atom. The third-order valence-electron chi connectivity index (χ3n) is 2.53. The first-order chi connectivity index (χ1) is 9.15. The smallest absolute Gasteiger partial charge is 0.268 e. The Bertz CT molecular complexity index is 587. The van der Waals surface area contributed by atoms with E-state index in [1.807, 2.05) is 19.1 Å². The van der Waals surface area contributed by atoms with E-state index in [-0.39, 0.29) is 11.7 Å². The largest absolute Gasteiger partial charge is 0.493 e. The highest BCUT2D eigenvalue weighted by atomic mass is 16.5. The van der Waals surface area contributed by atoms with E-state index in [1.165, 1.54) is 13.4 Å². The zero-order valence-electron chi connectivity index (χ0n) is 11.0. The van der Waals surface area contributed by atoms with Crippen LogP contribution in [-0.4, -0.2) is 24.2 Å². The molecule has 1 heterocycles. The van der Waals surface area contributed by atoms with Crippen molar-refractivity contribution < 1.29 is 14.2 Å². The van der Waals surface area contributed by atoms with Gasteiger partial charge >= 0.3 is 0 Å². The van der Waals surface area contributed by atoms with Gasteiger partial charge in [0, 0.05) is 0 Å². The van der Waals surface area contributed by atoms with E-state index in [1.54, 1.807) is 13.2 Å². The van der Waals surface area contributed by atoms with Crippen molar-refractivity contribution in [2.45, 2.75) is 6.92 Å². The zero-order valence-corrected chi connectivity index (χ0v) is 11.0. The van der Waals surface area contributed by atoms with Crippen molar-refractivity contribution in [3.05, 3.63) is 30.1 Å². The zero-order chi connectivity index (χ0) is 13.8. The van der Waals surface area contributed by atoms with Crippen LogP contribution in [0.2, 0.25) is 0 Å². The molecule has 0 atom stereocenters. The molecule has 1 aromatic carbocycles. The fourth-order valence-electron chi connectivity index (χ4n) is 1.60. The second-order valence-electron chi connectivity index (χ2n) is 3.85. The van der Waals surface area contributed by atoms with Crippen molar-refractivity contribution in [2.24, 2.45) is 0 Å². The number of methoxy groups -OCH3 is 2. The molecule has 1 aromatic heterocycles. The first-order valence-corrected chi connectivity index (χ1v) is 5.62. The number of nitrogens with zero attached hydrogens (tertiary/aromatic N) is 2. The summed E-state index contributed by atoms with van der Waals surface area (Å²) in [5.41, 5.74) is 6.76.